The summed E-state index contributed by atoms with van der Waals surface area (Å²) >= 11 is 1.68. The van der Waals surface area contributed by atoms with Crippen LogP contribution in [0.1, 0.15) is 43.7 Å². The number of nitrogens with one attached hydrogen (secondary N) is 1. The van der Waals surface area contributed by atoms with Gasteiger partial charge in [-0.05, 0) is 35.2 Å². The van der Waals surface area contributed by atoms with Gasteiger partial charge in [0.05, 0.1) is 7.11 Å². The Morgan fingerprint density at radius 2 is 2.05 bits per heavy atom. The van der Waals surface area contributed by atoms with Crippen LogP contribution in [-0.4, -0.2) is 19.1 Å². The lowest BCUT2D eigenvalue weighted by molar-refractivity contribution is -0.143. The zero-order valence-electron chi connectivity index (χ0n) is 12.3. The minimum absolute atomic E-state index is 0.191. The van der Waals surface area contributed by atoms with E-state index in [1.165, 1.54) is 31.1 Å². The van der Waals surface area contributed by atoms with Crippen LogP contribution >= 0.6 is 11.3 Å². The molecule has 21 heavy (non-hydrogen) atoms. The first-order chi connectivity index (χ1) is 10.3. The van der Waals surface area contributed by atoms with Gasteiger partial charge in [-0.25, -0.2) is 4.79 Å². The van der Waals surface area contributed by atoms with Crippen molar-refractivity contribution in [3.63, 3.8) is 0 Å². The molecule has 0 spiro atoms. The zero-order chi connectivity index (χ0) is 14.7. The number of carbonyl (C=O) groups is 1. The summed E-state index contributed by atoms with van der Waals surface area (Å²) in [5.74, 6) is -0.191. The number of hydrogen-bond donors (Lipinski definition) is 1. The summed E-state index contributed by atoms with van der Waals surface area (Å²) < 4.78 is 6.24. The van der Waals surface area contributed by atoms with Crippen molar-refractivity contribution in [2.24, 2.45) is 0 Å². The molecular weight excluding hydrogens is 282 g/mol. The van der Waals surface area contributed by atoms with Crippen molar-refractivity contribution >= 4 is 27.4 Å². The second kappa shape index (κ2) is 6.58. The Labute approximate surface area is 129 Å². The fourth-order valence-electron chi connectivity index (χ4n) is 3.13. The van der Waals surface area contributed by atoms with Crippen LogP contribution in [0.3, 0.4) is 0 Å². The van der Waals surface area contributed by atoms with Gasteiger partial charge in [0.2, 0.25) is 0 Å². The first-order valence-electron chi connectivity index (χ1n) is 7.59. The Kier molecular flexibility index (Phi) is 4.56. The van der Waals surface area contributed by atoms with Crippen LogP contribution in [-0.2, 0) is 9.53 Å². The maximum atomic E-state index is 12.2. The SMILES string of the molecule is COC(=O)C(NC1CCCCC1)c1csc2ccccc12. The Hall–Kier alpha value is -1.39. The van der Waals surface area contributed by atoms with Crippen molar-refractivity contribution in [1.29, 1.82) is 0 Å². The van der Waals surface area contributed by atoms with Crippen LogP contribution < -0.4 is 5.32 Å². The molecule has 4 heteroatoms. The molecule has 3 nitrogen and oxygen atoms in total. The summed E-state index contributed by atoms with van der Waals surface area (Å²) in [4.78, 5) is 12.2. The molecule has 1 unspecified atom stereocenters. The van der Waals surface area contributed by atoms with Gasteiger partial charge in [0, 0.05) is 10.7 Å². The molecule has 2 aromatic rings. The van der Waals surface area contributed by atoms with Crippen molar-refractivity contribution in [3.05, 3.63) is 35.2 Å². The Morgan fingerprint density at radius 3 is 2.81 bits per heavy atom. The highest BCUT2D eigenvalue weighted by molar-refractivity contribution is 7.17. The van der Waals surface area contributed by atoms with E-state index < -0.39 is 0 Å². The summed E-state index contributed by atoms with van der Waals surface area (Å²) in [5.41, 5.74) is 1.05. The van der Waals surface area contributed by atoms with Gasteiger partial charge in [0.25, 0.3) is 0 Å². The number of hydrogen-bond acceptors (Lipinski definition) is 4. The second-order valence-corrected chi connectivity index (χ2v) is 6.56. The third-order valence-corrected chi connectivity index (χ3v) is 5.25. The largest absolute Gasteiger partial charge is 0.468 e. The number of carbonyl (C=O) groups excluding carboxylic acids is 1. The summed E-state index contributed by atoms with van der Waals surface area (Å²) in [6, 6.07) is 8.30. The average Bonchev–Trinajstić information content (AvgIpc) is 2.97. The van der Waals surface area contributed by atoms with Crippen LogP contribution in [0.2, 0.25) is 0 Å². The zero-order valence-corrected chi connectivity index (χ0v) is 13.1. The Morgan fingerprint density at radius 1 is 1.29 bits per heavy atom. The van der Waals surface area contributed by atoms with E-state index in [0.717, 1.165) is 23.8 Å². The van der Waals surface area contributed by atoms with E-state index in [9.17, 15) is 4.79 Å². The number of ether oxygens (including phenoxy) is 1. The van der Waals surface area contributed by atoms with Crippen LogP contribution in [0, 0.1) is 0 Å². The Bertz CT molecular complexity index is 616. The van der Waals surface area contributed by atoms with Gasteiger partial charge in [-0.2, -0.15) is 0 Å². The van der Waals surface area contributed by atoms with Crippen molar-refractivity contribution < 1.29 is 9.53 Å². The molecule has 1 atom stereocenters. The topological polar surface area (TPSA) is 38.3 Å². The lowest BCUT2D eigenvalue weighted by atomic mass is 9.94. The fourth-order valence-corrected chi connectivity index (χ4v) is 4.12. The van der Waals surface area contributed by atoms with Crippen LogP contribution in [0.4, 0.5) is 0 Å². The minimum Gasteiger partial charge on any atom is -0.468 e. The molecule has 0 saturated heterocycles. The summed E-state index contributed by atoms with van der Waals surface area (Å²) in [6.07, 6.45) is 6.10. The van der Waals surface area contributed by atoms with Gasteiger partial charge in [-0.15, -0.1) is 11.3 Å². The Balaban J connectivity index is 1.89. The molecule has 1 saturated carbocycles. The summed E-state index contributed by atoms with van der Waals surface area (Å²) in [7, 11) is 1.46. The lowest BCUT2D eigenvalue weighted by Crippen LogP contribution is -2.38. The van der Waals surface area contributed by atoms with Gasteiger partial charge >= 0.3 is 5.97 Å². The van der Waals surface area contributed by atoms with Gasteiger partial charge in [0.1, 0.15) is 6.04 Å². The molecule has 1 aliphatic carbocycles. The molecule has 112 valence electrons. The molecule has 1 aromatic heterocycles. The third-order valence-electron chi connectivity index (χ3n) is 4.27. The normalized spacial score (nSPS) is 17.8. The van der Waals surface area contributed by atoms with Crippen molar-refractivity contribution in [3.8, 4) is 0 Å². The molecule has 1 aliphatic rings. The number of methoxy groups -OCH3 is 1. The van der Waals surface area contributed by atoms with Gasteiger partial charge in [0.15, 0.2) is 0 Å². The van der Waals surface area contributed by atoms with Crippen molar-refractivity contribution in [2.45, 2.75) is 44.2 Å². The van der Waals surface area contributed by atoms with E-state index in [1.54, 1.807) is 11.3 Å². The van der Waals surface area contributed by atoms with E-state index in [0.29, 0.717) is 6.04 Å². The highest BCUT2D eigenvalue weighted by Gasteiger charge is 2.27. The summed E-state index contributed by atoms with van der Waals surface area (Å²) in [5, 5.41) is 6.77. The molecule has 0 amide bonds. The first-order valence-corrected chi connectivity index (χ1v) is 8.47. The monoisotopic (exact) mass is 303 g/mol. The van der Waals surface area contributed by atoms with Crippen molar-refractivity contribution in [1.82, 2.24) is 5.32 Å². The molecule has 1 aromatic carbocycles. The predicted octanol–water partition coefficient (Wildman–Crippen LogP) is 4.04. The number of esters is 1. The smallest absolute Gasteiger partial charge is 0.327 e. The quantitative estimate of drug-likeness (QED) is 0.866. The van der Waals surface area contributed by atoms with E-state index >= 15 is 0 Å². The number of thiophene rings is 1. The van der Waals surface area contributed by atoms with Gasteiger partial charge < -0.3 is 4.74 Å². The summed E-state index contributed by atoms with van der Waals surface area (Å²) in [6.45, 7) is 0. The second-order valence-electron chi connectivity index (χ2n) is 5.64. The van der Waals surface area contributed by atoms with Gasteiger partial charge in [-0.1, -0.05) is 37.5 Å². The van der Waals surface area contributed by atoms with E-state index in [4.69, 9.17) is 4.74 Å². The molecule has 0 aliphatic heterocycles. The van der Waals surface area contributed by atoms with Gasteiger partial charge in [-0.3, -0.25) is 5.32 Å². The number of benzene rings is 1. The molecule has 0 radical (unpaired) electrons. The molecular formula is C17H21NO2S. The highest BCUT2D eigenvalue weighted by atomic mass is 32.1. The standard InChI is InChI=1S/C17H21NO2S/c1-20-17(19)16(18-12-7-3-2-4-8-12)14-11-21-15-10-6-5-9-13(14)15/h5-6,9-12,16,18H,2-4,7-8H2,1H3. The van der Waals surface area contributed by atoms with E-state index in [2.05, 4.69) is 22.8 Å². The lowest BCUT2D eigenvalue weighted by Gasteiger charge is -2.27. The average molecular weight is 303 g/mol. The molecule has 1 N–H and O–H groups in total. The maximum Gasteiger partial charge on any atom is 0.327 e. The first kappa shape index (κ1) is 14.5. The third kappa shape index (κ3) is 3.11. The molecule has 3 rings (SSSR count). The van der Waals surface area contributed by atoms with E-state index in [-0.39, 0.29) is 12.0 Å². The number of rotatable bonds is 4. The molecule has 0 bridgehead atoms. The highest BCUT2D eigenvalue weighted by Crippen LogP contribution is 2.32. The van der Waals surface area contributed by atoms with Crippen LogP contribution in [0.15, 0.2) is 29.6 Å². The molecule has 1 fully saturated rings. The predicted molar refractivity (Wildman–Crippen MR) is 86.6 cm³/mol. The number of fused-ring (bicyclic) bond motifs is 1. The van der Waals surface area contributed by atoms with E-state index in [1.807, 2.05) is 12.1 Å². The molecule has 1 heterocycles. The minimum atomic E-state index is -0.353. The van der Waals surface area contributed by atoms with Crippen molar-refractivity contribution in [2.75, 3.05) is 7.11 Å². The maximum absolute atomic E-state index is 12.2. The fraction of sp³-hybridized carbons (Fsp3) is 0.471. The van der Waals surface area contributed by atoms with Crippen LogP contribution in [0.5, 0.6) is 0 Å². The van der Waals surface area contributed by atoms with Crippen LogP contribution in [0.25, 0.3) is 10.1 Å².